The minimum absolute atomic E-state index is 0. The van der Waals surface area contributed by atoms with Crippen LogP contribution in [-0.4, -0.2) is 24.4 Å². The van der Waals surface area contributed by atoms with Crippen molar-refractivity contribution in [1.82, 2.24) is 5.32 Å². The molecular weight excluding hydrogens is 290 g/mol. The predicted octanol–water partition coefficient (Wildman–Crippen LogP) is 1.24. The maximum absolute atomic E-state index is 11.8. The second-order valence-electron chi connectivity index (χ2n) is 5.02. The zero-order valence-corrected chi connectivity index (χ0v) is 13.3. The van der Waals surface area contributed by atoms with Crippen molar-refractivity contribution >= 4 is 24.2 Å². The van der Waals surface area contributed by atoms with Crippen molar-refractivity contribution in [3.8, 4) is 0 Å². The number of rotatable bonds is 7. The zero-order chi connectivity index (χ0) is 15.1. The SMILES string of the molecule is CCC(C)C(N)C(=O)NCCc1cccc(C(N)=O)c1.Cl. The lowest BCUT2D eigenvalue weighted by molar-refractivity contribution is -0.123. The molecule has 0 spiro atoms. The van der Waals surface area contributed by atoms with Crippen molar-refractivity contribution in [1.29, 1.82) is 0 Å². The second kappa shape index (κ2) is 9.37. The van der Waals surface area contributed by atoms with Gasteiger partial charge in [-0.3, -0.25) is 9.59 Å². The summed E-state index contributed by atoms with van der Waals surface area (Å²) >= 11 is 0. The molecule has 6 heteroatoms. The molecule has 0 fully saturated rings. The van der Waals surface area contributed by atoms with Gasteiger partial charge in [0.05, 0.1) is 6.04 Å². The molecule has 0 saturated carbocycles. The fraction of sp³-hybridized carbons (Fsp3) is 0.467. The lowest BCUT2D eigenvalue weighted by Gasteiger charge is -2.17. The van der Waals surface area contributed by atoms with Crippen LogP contribution in [0, 0.1) is 5.92 Å². The third-order valence-electron chi connectivity index (χ3n) is 3.48. The van der Waals surface area contributed by atoms with E-state index in [0.29, 0.717) is 18.5 Å². The van der Waals surface area contributed by atoms with Gasteiger partial charge in [-0.15, -0.1) is 12.4 Å². The zero-order valence-electron chi connectivity index (χ0n) is 12.5. The molecule has 1 aromatic carbocycles. The summed E-state index contributed by atoms with van der Waals surface area (Å²) in [6, 6.07) is 6.61. The van der Waals surface area contributed by atoms with E-state index in [4.69, 9.17) is 11.5 Å². The molecule has 0 aliphatic carbocycles. The highest BCUT2D eigenvalue weighted by Crippen LogP contribution is 2.06. The predicted molar refractivity (Wildman–Crippen MR) is 86.4 cm³/mol. The number of benzene rings is 1. The van der Waals surface area contributed by atoms with E-state index in [2.05, 4.69) is 5.32 Å². The van der Waals surface area contributed by atoms with Gasteiger partial charge in [-0.2, -0.15) is 0 Å². The number of nitrogens with one attached hydrogen (secondary N) is 1. The van der Waals surface area contributed by atoms with Gasteiger partial charge in [0.15, 0.2) is 0 Å². The standard InChI is InChI=1S/C15H23N3O2.ClH/c1-3-10(2)13(16)15(20)18-8-7-11-5-4-6-12(9-11)14(17)19;/h4-6,9-10,13H,3,7-8,16H2,1-2H3,(H2,17,19)(H,18,20);1H. The highest BCUT2D eigenvalue weighted by atomic mass is 35.5. The number of carbonyl (C=O) groups excluding carboxylic acids is 2. The molecule has 1 rings (SSSR count). The molecule has 5 N–H and O–H groups in total. The smallest absolute Gasteiger partial charge is 0.248 e. The first-order valence-electron chi connectivity index (χ1n) is 6.87. The van der Waals surface area contributed by atoms with Gasteiger partial charge in [-0.25, -0.2) is 0 Å². The first-order valence-corrected chi connectivity index (χ1v) is 6.87. The number of carbonyl (C=O) groups is 2. The third kappa shape index (κ3) is 6.14. The maximum Gasteiger partial charge on any atom is 0.248 e. The first-order chi connectivity index (χ1) is 9.45. The average molecular weight is 314 g/mol. The van der Waals surface area contributed by atoms with Crippen LogP contribution in [0.25, 0.3) is 0 Å². The van der Waals surface area contributed by atoms with Crippen LogP contribution in [-0.2, 0) is 11.2 Å². The molecule has 118 valence electrons. The fourth-order valence-electron chi connectivity index (χ4n) is 1.84. The van der Waals surface area contributed by atoms with E-state index in [1.54, 1.807) is 18.2 Å². The summed E-state index contributed by atoms with van der Waals surface area (Å²) < 4.78 is 0. The number of hydrogen-bond acceptors (Lipinski definition) is 3. The van der Waals surface area contributed by atoms with E-state index < -0.39 is 11.9 Å². The van der Waals surface area contributed by atoms with Crippen molar-refractivity contribution in [2.24, 2.45) is 17.4 Å². The van der Waals surface area contributed by atoms with E-state index >= 15 is 0 Å². The van der Waals surface area contributed by atoms with Gasteiger partial charge in [0.1, 0.15) is 0 Å². The van der Waals surface area contributed by atoms with Crippen LogP contribution in [0.15, 0.2) is 24.3 Å². The summed E-state index contributed by atoms with van der Waals surface area (Å²) in [5.74, 6) is -0.423. The molecule has 2 atom stereocenters. The lowest BCUT2D eigenvalue weighted by Crippen LogP contribution is -2.45. The van der Waals surface area contributed by atoms with Crippen molar-refractivity contribution in [3.05, 3.63) is 35.4 Å². The Kier molecular flexibility index (Phi) is 8.66. The average Bonchev–Trinajstić information content (AvgIpc) is 2.45. The summed E-state index contributed by atoms with van der Waals surface area (Å²) in [5.41, 5.74) is 12.5. The van der Waals surface area contributed by atoms with E-state index in [1.807, 2.05) is 19.9 Å². The quantitative estimate of drug-likeness (QED) is 0.706. The minimum atomic E-state index is -0.475. The van der Waals surface area contributed by atoms with Gasteiger partial charge in [-0.1, -0.05) is 32.4 Å². The molecule has 1 aromatic rings. The van der Waals surface area contributed by atoms with Crippen molar-refractivity contribution in [2.75, 3.05) is 6.54 Å². The molecule has 0 bridgehead atoms. The fourth-order valence-corrected chi connectivity index (χ4v) is 1.84. The summed E-state index contributed by atoms with van der Waals surface area (Å²) in [6.07, 6.45) is 1.51. The van der Waals surface area contributed by atoms with Crippen LogP contribution in [0.1, 0.15) is 36.2 Å². The molecule has 0 radical (unpaired) electrons. The van der Waals surface area contributed by atoms with E-state index in [9.17, 15) is 9.59 Å². The van der Waals surface area contributed by atoms with Gasteiger partial charge in [-0.05, 0) is 30.0 Å². The minimum Gasteiger partial charge on any atom is -0.366 e. The van der Waals surface area contributed by atoms with Crippen molar-refractivity contribution in [3.63, 3.8) is 0 Å². The number of hydrogen-bond donors (Lipinski definition) is 3. The topological polar surface area (TPSA) is 98.2 Å². The molecule has 2 amide bonds. The van der Waals surface area contributed by atoms with Crippen LogP contribution in [0.3, 0.4) is 0 Å². The van der Waals surface area contributed by atoms with Crippen LogP contribution < -0.4 is 16.8 Å². The van der Waals surface area contributed by atoms with Crippen LogP contribution in [0.4, 0.5) is 0 Å². The number of amides is 2. The first kappa shape index (κ1) is 19.4. The van der Waals surface area contributed by atoms with Gasteiger partial charge in [0, 0.05) is 12.1 Å². The van der Waals surface area contributed by atoms with Crippen molar-refractivity contribution in [2.45, 2.75) is 32.7 Å². The Bertz CT molecular complexity index is 480. The normalized spacial score (nSPS) is 12.9. The molecule has 0 saturated heterocycles. The summed E-state index contributed by atoms with van der Waals surface area (Å²) in [4.78, 5) is 22.9. The molecular formula is C15H24ClN3O2. The highest BCUT2D eigenvalue weighted by molar-refractivity contribution is 5.92. The molecule has 0 aliphatic rings. The maximum atomic E-state index is 11.8. The van der Waals surface area contributed by atoms with Crippen LogP contribution >= 0.6 is 12.4 Å². The Hall–Kier alpha value is -1.59. The Morgan fingerprint density at radius 1 is 1.33 bits per heavy atom. The van der Waals surface area contributed by atoms with E-state index in [-0.39, 0.29) is 24.2 Å². The summed E-state index contributed by atoms with van der Waals surface area (Å²) in [5, 5.41) is 2.81. The Labute approximate surface area is 131 Å². The molecule has 5 nitrogen and oxygen atoms in total. The van der Waals surface area contributed by atoms with Crippen LogP contribution in [0.5, 0.6) is 0 Å². The number of primary amides is 1. The van der Waals surface area contributed by atoms with E-state index in [1.165, 1.54) is 0 Å². The van der Waals surface area contributed by atoms with Gasteiger partial charge in [0.2, 0.25) is 11.8 Å². The highest BCUT2D eigenvalue weighted by Gasteiger charge is 2.18. The number of nitrogens with two attached hydrogens (primary N) is 2. The molecule has 0 heterocycles. The Morgan fingerprint density at radius 2 is 2.00 bits per heavy atom. The van der Waals surface area contributed by atoms with Crippen LogP contribution in [0.2, 0.25) is 0 Å². The van der Waals surface area contributed by atoms with E-state index in [0.717, 1.165) is 12.0 Å². The molecule has 21 heavy (non-hydrogen) atoms. The largest absolute Gasteiger partial charge is 0.366 e. The second-order valence-corrected chi connectivity index (χ2v) is 5.02. The molecule has 0 aromatic heterocycles. The van der Waals surface area contributed by atoms with Crippen molar-refractivity contribution < 1.29 is 9.59 Å². The summed E-state index contributed by atoms with van der Waals surface area (Å²) in [6.45, 7) is 4.46. The Balaban J connectivity index is 0.00000400. The third-order valence-corrected chi connectivity index (χ3v) is 3.48. The number of halogens is 1. The van der Waals surface area contributed by atoms with Gasteiger partial charge >= 0.3 is 0 Å². The van der Waals surface area contributed by atoms with Gasteiger partial charge in [0.25, 0.3) is 0 Å². The Morgan fingerprint density at radius 3 is 2.57 bits per heavy atom. The molecule has 2 unspecified atom stereocenters. The summed E-state index contributed by atoms with van der Waals surface area (Å²) in [7, 11) is 0. The van der Waals surface area contributed by atoms with Gasteiger partial charge < -0.3 is 16.8 Å². The molecule has 0 aliphatic heterocycles. The lowest BCUT2D eigenvalue weighted by atomic mass is 9.99. The monoisotopic (exact) mass is 313 g/mol.